The number of benzene rings is 1. The summed E-state index contributed by atoms with van der Waals surface area (Å²) >= 11 is 5.12. The lowest BCUT2D eigenvalue weighted by atomic mass is 10.1. The second-order valence-corrected chi connectivity index (χ2v) is 5.27. The van der Waals surface area contributed by atoms with Gasteiger partial charge in [0.15, 0.2) is 0 Å². The third-order valence-corrected chi connectivity index (χ3v) is 3.82. The minimum Gasteiger partial charge on any atom is -0.466 e. The van der Waals surface area contributed by atoms with Crippen molar-refractivity contribution in [3.05, 3.63) is 41.6 Å². The monoisotopic (exact) mass is 354 g/mol. The summed E-state index contributed by atoms with van der Waals surface area (Å²) in [4.78, 5) is 15.9. The number of carbonyl (C=O) groups excluding carboxylic acids is 1. The Morgan fingerprint density at radius 3 is 2.72 bits per heavy atom. The SMILES string of the molecule is CCOC(=O)CCn1c(C=S)c(N=CN)c(C#N)c1-c1ccccc1. The first-order chi connectivity index (χ1) is 12.2. The van der Waals surface area contributed by atoms with Crippen LogP contribution < -0.4 is 5.73 Å². The minimum atomic E-state index is -0.312. The van der Waals surface area contributed by atoms with E-state index in [2.05, 4.69) is 11.1 Å². The van der Waals surface area contributed by atoms with Crippen LogP contribution >= 0.6 is 12.2 Å². The van der Waals surface area contributed by atoms with Gasteiger partial charge in [-0.3, -0.25) is 4.79 Å². The average Bonchev–Trinajstić information content (AvgIpc) is 2.93. The fourth-order valence-electron chi connectivity index (χ4n) is 2.62. The Kier molecular flexibility index (Phi) is 6.43. The van der Waals surface area contributed by atoms with Crippen LogP contribution in [0.2, 0.25) is 0 Å². The number of nitrogens with two attached hydrogens (primary N) is 1. The molecule has 1 aromatic carbocycles. The molecular weight excluding hydrogens is 336 g/mol. The lowest BCUT2D eigenvalue weighted by Crippen LogP contribution is -2.11. The summed E-state index contributed by atoms with van der Waals surface area (Å²) in [6, 6.07) is 11.6. The summed E-state index contributed by atoms with van der Waals surface area (Å²) < 4.78 is 6.81. The molecule has 0 spiro atoms. The van der Waals surface area contributed by atoms with Crippen LogP contribution in [0.3, 0.4) is 0 Å². The van der Waals surface area contributed by atoms with Crippen molar-refractivity contribution in [3.8, 4) is 17.3 Å². The van der Waals surface area contributed by atoms with E-state index in [0.29, 0.717) is 35.8 Å². The van der Waals surface area contributed by atoms with Gasteiger partial charge >= 0.3 is 5.97 Å². The molecule has 2 rings (SSSR count). The molecule has 1 heterocycles. The second-order valence-electron chi connectivity index (χ2n) is 5.04. The highest BCUT2D eigenvalue weighted by Gasteiger charge is 2.23. The predicted octanol–water partition coefficient (Wildman–Crippen LogP) is 2.95. The lowest BCUT2D eigenvalue weighted by molar-refractivity contribution is -0.143. The van der Waals surface area contributed by atoms with Gasteiger partial charge in [-0.25, -0.2) is 4.99 Å². The normalized spacial score (nSPS) is 10.6. The van der Waals surface area contributed by atoms with E-state index < -0.39 is 0 Å². The number of nitriles is 1. The molecule has 0 saturated carbocycles. The van der Waals surface area contributed by atoms with Gasteiger partial charge in [0.25, 0.3) is 0 Å². The van der Waals surface area contributed by atoms with Crippen LogP contribution in [-0.2, 0) is 16.1 Å². The Labute approximate surface area is 151 Å². The van der Waals surface area contributed by atoms with Crippen LogP contribution in [0.15, 0.2) is 35.3 Å². The van der Waals surface area contributed by atoms with Crippen molar-refractivity contribution in [2.75, 3.05) is 6.61 Å². The van der Waals surface area contributed by atoms with Crippen LogP contribution in [0.5, 0.6) is 0 Å². The zero-order chi connectivity index (χ0) is 18.2. The van der Waals surface area contributed by atoms with E-state index in [1.165, 1.54) is 5.37 Å². The summed E-state index contributed by atoms with van der Waals surface area (Å²) in [7, 11) is 0. The highest BCUT2D eigenvalue weighted by Crippen LogP contribution is 2.36. The lowest BCUT2D eigenvalue weighted by Gasteiger charge is -2.11. The van der Waals surface area contributed by atoms with Gasteiger partial charge < -0.3 is 15.0 Å². The van der Waals surface area contributed by atoms with E-state index in [9.17, 15) is 10.1 Å². The van der Waals surface area contributed by atoms with E-state index in [0.717, 1.165) is 11.9 Å². The van der Waals surface area contributed by atoms with Crippen molar-refractivity contribution < 1.29 is 9.53 Å². The number of hydrogen-bond acceptors (Lipinski definition) is 5. The van der Waals surface area contributed by atoms with Gasteiger partial charge in [-0.15, -0.1) is 0 Å². The standard InChI is InChI=1S/C18H18N4O2S/c1-2-24-16(23)8-9-22-15(11-25)17(21-12-20)14(10-19)18(22)13-6-4-3-5-7-13/h3-7,11-12H,2,8-9H2,1H3,(H2,20,21). The van der Waals surface area contributed by atoms with Crippen molar-refractivity contribution in [1.82, 2.24) is 4.57 Å². The largest absolute Gasteiger partial charge is 0.466 e. The van der Waals surface area contributed by atoms with Crippen molar-refractivity contribution >= 4 is 35.6 Å². The molecule has 1 aromatic heterocycles. The Bertz CT molecular complexity index is 835. The number of nitrogens with zero attached hydrogens (tertiary/aromatic N) is 3. The molecule has 0 aliphatic heterocycles. The first-order valence-corrected chi connectivity index (χ1v) is 8.22. The van der Waals surface area contributed by atoms with Gasteiger partial charge in [0.05, 0.1) is 30.8 Å². The quantitative estimate of drug-likeness (QED) is 0.357. The number of rotatable bonds is 7. The van der Waals surface area contributed by atoms with E-state index >= 15 is 0 Å². The fraction of sp³-hybridized carbons (Fsp3) is 0.222. The first-order valence-electron chi connectivity index (χ1n) is 7.74. The number of hydrogen-bond donors (Lipinski definition) is 1. The van der Waals surface area contributed by atoms with Crippen LogP contribution in [0, 0.1) is 11.3 Å². The van der Waals surface area contributed by atoms with Gasteiger partial charge in [0.2, 0.25) is 0 Å². The maximum absolute atomic E-state index is 11.8. The fourth-order valence-corrected chi connectivity index (χ4v) is 2.86. The molecular formula is C18H18N4O2S. The van der Waals surface area contributed by atoms with Gasteiger partial charge in [-0.2, -0.15) is 5.26 Å². The maximum Gasteiger partial charge on any atom is 0.307 e. The summed E-state index contributed by atoms with van der Waals surface area (Å²) in [5.74, 6) is -0.312. The minimum absolute atomic E-state index is 0.162. The number of esters is 1. The number of carbonyl (C=O) groups is 1. The highest BCUT2D eigenvalue weighted by molar-refractivity contribution is 7.79. The molecule has 0 saturated heterocycles. The number of aromatic nitrogens is 1. The third-order valence-electron chi connectivity index (χ3n) is 3.60. The molecule has 6 nitrogen and oxygen atoms in total. The van der Waals surface area contributed by atoms with Crippen molar-refractivity contribution in [2.45, 2.75) is 19.9 Å². The van der Waals surface area contributed by atoms with Gasteiger partial charge in [-0.05, 0) is 12.5 Å². The van der Waals surface area contributed by atoms with E-state index in [4.69, 9.17) is 22.7 Å². The molecule has 128 valence electrons. The molecule has 7 heteroatoms. The predicted molar refractivity (Wildman–Crippen MR) is 101 cm³/mol. The number of aliphatic imine (C=N–C) groups is 1. The molecule has 0 amide bonds. The summed E-state index contributed by atoms with van der Waals surface area (Å²) in [6.07, 6.45) is 1.29. The van der Waals surface area contributed by atoms with Crippen molar-refractivity contribution in [2.24, 2.45) is 10.7 Å². The van der Waals surface area contributed by atoms with Crippen LogP contribution in [-0.4, -0.2) is 28.8 Å². The van der Waals surface area contributed by atoms with Gasteiger partial charge in [0, 0.05) is 11.9 Å². The maximum atomic E-state index is 11.8. The molecule has 25 heavy (non-hydrogen) atoms. The molecule has 0 radical (unpaired) electrons. The molecule has 0 bridgehead atoms. The van der Waals surface area contributed by atoms with Gasteiger partial charge in [0.1, 0.15) is 17.3 Å². The summed E-state index contributed by atoms with van der Waals surface area (Å²) in [6.45, 7) is 2.40. The molecule has 0 atom stereocenters. The topological polar surface area (TPSA) is 93.4 Å². The highest BCUT2D eigenvalue weighted by atomic mass is 32.1. The van der Waals surface area contributed by atoms with Gasteiger partial charge in [-0.1, -0.05) is 42.5 Å². The number of ether oxygens (including phenoxy) is 1. The first kappa shape index (κ1) is 18.4. The van der Waals surface area contributed by atoms with Crippen molar-refractivity contribution in [3.63, 3.8) is 0 Å². The zero-order valence-corrected chi connectivity index (χ0v) is 14.6. The Morgan fingerprint density at radius 1 is 1.44 bits per heavy atom. The smallest absolute Gasteiger partial charge is 0.307 e. The van der Waals surface area contributed by atoms with Crippen LogP contribution in [0.1, 0.15) is 24.6 Å². The molecule has 0 fully saturated rings. The Balaban J connectivity index is 2.63. The van der Waals surface area contributed by atoms with E-state index in [-0.39, 0.29) is 12.4 Å². The number of thiocarbonyl (C=S) groups is 1. The Hall–Kier alpha value is -2.98. The molecule has 0 aliphatic carbocycles. The average molecular weight is 354 g/mol. The van der Waals surface area contributed by atoms with Crippen molar-refractivity contribution in [1.29, 1.82) is 5.26 Å². The zero-order valence-electron chi connectivity index (χ0n) is 13.8. The van der Waals surface area contributed by atoms with Crippen LogP contribution in [0.4, 0.5) is 5.69 Å². The molecule has 0 aliphatic rings. The molecule has 0 unspecified atom stereocenters. The van der Waals surface area contributed by atoms with E-state index in [1.54, 1.807) is 6.92 Å². The third kappa shape index (κ3) is 3.92. The van der Waals surface area contributed by atoms with E-state index in [1.807, 2.05) is 34.9 Å². The summed E-state index contributed by atoms with van der Waals surface area (Å²) in [5.41, 5.74) is 8.26. The van der Waals surface area contributed by atoms with Crippen LogP contribution in [0.25, 0.3) is 11.3 Å². The molecule has 2 aromatic rings. The second kappa shape index (κ2) is 8.76. The molecule has 2 N–H and O–H groups in total. The summed E-state index contributed by atoms with van der Waals surface area (Å²) in [5, 5.41) is 11.1. The Morgan fingerprint density at radius 2 is 2.16 bits per heavy atom.